The number of nitrogens with zero attached hydrogens (tertiary/aromatic N) is 4. The average molecular weight is 557 g/mol. The third-order valence-electron chi connectivity index (χ3n) is 7.41. The van der Waals surface area contributed by atoms with Gasteiger partial charge < -0.3 is 14.2 Å². The molecule has 0 radical (unpaired) electrons. The van der Waals surface area contributed by atoms with E-state index in [0.29, 0.717) is 12.1 Å². The molecule has 2 heterocycles. The first-order valence-corrected chi connectivity index (χ1v) is 13.3. The van der Waals surface area contributed by atoms with Crippen LogP contribution in [0.2, 0.25) is 0 Å². The molecule has 1 N–H and O–H groups in total. The van der Waals surface area contributed by atoms with Gasteiger partial charge in [0.1, 0.15) is 11.6 Å². The zero-order valence-corrected chi connectivity index (χ0v) is 22.3. The van der Waals surface area contributed by atoms with Crippen molar-refractivity contribution in [3.05, 3.63) is 107 Å². The van der Waals surface area contributed by atoms with Crippen LogP contribution in [0.3, 0.4) is 0 Å². The van der Waals surface area contributed by atoms with E-state index in [0.717, 1.165) is 74.4 Å². The Morgan fingerprint density at radius 2 is 1.60 bits per heavy atom. The number of fused-ring (bicyclic) bond motifs is 2. The van der Waals surface area contributed by atoms with E-state index in [1.54, 1.807) is 12.1 Å². The van der Waals surface area contributed by atoms with Gasteiger partial charge in [0.25, 0.3) is 0 Å². The molecule has 0 aliphatic heterocycles. The van der Waals surface area contributed by atoms with E-state index < -0.39 is 5.97 Å². The summed E-state index contributed by atoms with van der Waals surface area (Å²) in [5.41, 5.74) is 9.46. The van der Waals surface area contributed by atoms with E-state index in [1.165, 1.54) is 0 Å². The topological polar surface area (TPSA) is 72.9 Å². The average Bonchev–Trinajstić information content (AvgIpc) is 3.47. The van der Waals surface area contributed by atoms with Gasteiger partial charge in [-0.2, -0.15) is 0 Å². The van der Waals surface area contributed by atoms with Crippen molar-refractivity contribution in [2.24, 2.45) is 7.05 Å². The number of carbonyl (C=O) groups is 1. The second-order valence-corrected chi connectivity index (χ2v) is 10.1. The fourth-order valence-corrected chi connectivity index (χ4v) is 5.46. The molecule has 0 bridgehead atoms. The number of aromatic carboxylic acids is 1. The van der Waals surface area contributed by atoms with E-state index >= 15 is 0 Å². The molecule has 0 spiro atoms. The Labute approximate surface area is 263 Å². The van der Waals surface area contributed by atoms with E-state index in [2.05, 4.69) is 60.4 Å². The van der Waals surface area contributed by atoms with Crippen molar-refractivity contribution >= 4 is 65.8 Å². The third-order valence-corrected chi connectivity index (χ3v) is 7.41. The van der Waals surface area contributed by atoms with Gasteiger partial charge in [-0.3, -0.25) is 0 Å². The molecule has 0 aliphatic rings. The molecule has 0 saturated carbocycles. The molecule has 2 aromatic heterocycles. The molecule has 0 unspecified atom stereocenters. The summed E-state index contributed by atoms with van der Waals surface area (Å²) in [5, 5.41) is 9.60. The number of aryl methyl sites for hydroxylation is 3. The second kappa shape index (κ2) is 11.6. The van der Waals surface area contributed by atoms with Crippen LogP contribution in [0.1, 0.15) is 40.7 Å². The molecule has 0 atom stereocenters. The van der Waals surface area contributed by atoms with Crippen molar-refractivity contribution in [3.63, 3.8) is 0 Å². The van der Waals surface area contributed by atoms with Gasteiger partial charge in [-0.1, -0.05) is 61.5 Å². The Kier molecular flexibility index (Phi) is 8.13. The van der Waals surface area contributed by atoms with Crippen molar-refractivity contribution in [1.82, 2.24) is 19.1 Å². The fraction of sp³-hybridized carbons (Fsp3) is 0.182. The molecule has 0 saturated heterocycles. The first kappa shape index (κ1) is 28.1. The van der Waals surface area contributed by atoms with Crippen LogP contribution in [0.4, 0.5) is 0 Å². The Hall–Kier alpha value is -3.45. The minimum absolute atomic E-state index is 0. The molecular weight excluding hydrogens is 524 g/mol. The van der Waals surface area contributed by atoms with Gasteiger partial charge >= 0.3 is 43.7 Å². The van der Waals surface area contributed by atoms with E-state index in [4.69, 9.17) is 9.97 Å². The molecule has 7 heteroatoms. The summed E-state index contributed by atoms with van der Waals surface area (Å²) in [6, 6.07) is 27.9. The van der Waals surface area contributed by atoms with Crippen LogP contribution in [0.5, 0.6) is 0 Å². The standard InChI is InChI=1S/C33H30N4O2.Ca.2H/c1-4-9-30-35-31-21(2)18-24(32-34-27-12-7-8-13-28(27)36(32)3)19-29(31)37(30)20-22-14-16-23(17-15-22)25-10-5-6-11-26(25)33(38)39;;;/h5-8,10-19H,4,9,20H2,1-3H3,(H,38,39);;;. The molecule has 6 nitrogen and oxygen atoms in total. The quantitative estimate of drug-likeness (QED) is 0.233. The van der Waals surface area contributed by atoms with Gasteiger partial charge in [0.15, 0.2) is 0 Å². The van der Waals surface area contributed by atoms with Crippen LogP contribution in [-0.2, 0) is 20.0 Å². The van der Waals surface area contributed by atoms with E-state index in [1.807, 2.05) is 42.5 Å². The number of hydrogen-bond acceptors (Lipinski definition) is 3. The van der Waals surface area contributed by atoms with Gasteiger partial charge in [-0.25, -0.2) is 14.8 Å². The first-order valence-electron chi connectivity index (χ1n) is 13.3. The normalized spacial score (nSPS) is 11.2. The Bertz CT molecular complexity index is 1850. The molecular formula is C33H32CaN4O2. The number of benzene rings is 4. The summed E-state index contributed by atoms with van der Waals surface area (Å²) in [6.07, 6.45) is 1.89. The summed E-state index contributed by atoms with van der Waals surface area (Å²) in [4.78, 5) is 21.7. The maximum absolute atomic E-state index is 11.7. The Morgan fingerprint density at radius 3 is 2.33 bits per heavy atom. The van der Waals surface area contributed by atoms with Crippen LogP contribution in [0.25, 0.3) is 44.6 Å². The van der Waals surface area contributed by atoms with Crippen LogP contribution in [0.15, 0.2) is 84.9 Å². The van der Waals surface area contributed by atoms with Crippen molar-refractivity contribution in [2.75, 3.05) is 0 Å². The van der Waals surface area contributed by atoms with E-state index in [9.17, 15) is 9.90 Å². The summed E-state index contributed by atoms with van der Waals surface area (Å²) in [7, 11) is 2.06. The number of aromatic nitrogens is 4. The zero-order chi connectivity index (χ0) is 27.1. The molecule has 6 rings (SSSR count). The number of para-hydroxylation sites is 2. The molecule has 4 aromatic carbocycles. The molecule has 198 valence electrons. The van der Waals surface area contributed by atoms with Crippen LogP contribution >= 0.6 is 0 Å². The number of carboxylic acid groups (broad SMARTS) is 1. The van der Waals surface area contributed by atoms with Gasteiger partial charge in [-0.05, 0) is 65.9 Å². The summed E-state index contributed by atoms with van der Waals surface area (Å²) in [6.45, 7) is 4.98. The van der Waals surface area contributed by atoms with Gasteiger partial charge in [0, 0.05) is 25.6 Å². The van der Waals surface area contributed by atoms with Gasteiger partial charge in [0.05, 0.1) is 27.6 Å². The molecule has 0 amide bonds. The number of carboxylic acids is 1. The molecule has 6 aromatic rings. The second-order valence-electron chi connectivity index (χ2n) is 10.1. The SMILES string of the molecule is CCCc1nc2c(C)cc(-c3nc4ccccc4n3C)cc2n1Cc1ccc(-c2ccccc2C(=O)O)cc1.[CaH2]. The predicted octanol–water partition coefficient (Wildman–Crippen LogP) is 6.35. The Morgan fingerprint density at radius 1 is 0.875 bits per heavy atom. The maximum atomic E-state index is 11.7. The van der Waals surface area contributed by atoms with Crippen molar-refractivity contribution < 1.29 is 9.90 Å². The van der Waals surface area contributed by atoms with Crippen LogP contribution in [0, 0.1) is 6.92 Å². The van der Waals surface area contributed by atoms with Crippen molar-refractivity contribution in [2.45, 2.75) is 33.2 Å². The van der Waals surface area contributed by atoms with Crippen molar-refractivity contribution in [1.29, 1.82) is 0 Å². The number of hydrogen-bond donors (Lipinski definition) is 1. The summed E-state index contributed by atoms with van der Waals surface area (Å²) >= 11 is 0. The van der Waals surface area contributed by atoms with Crippen molar-refractivity contribution in [3.8, 4) is 22.5 Å². The summed E-state index contributed by atoms with van der Waals surface area (Å²) < 4.78 is 4.47. The van der Waals surface area contributed by atoms with Crippen LogP contribution < -0.4 is 0 Å². The monoisotopic (exact) mass is 556 g/mol. The molecule has 40 heavy (non-hydrogen) atoms. The predicted molar refractivity (Wildman–Crippen MR) is 165 cm³/mol. The molecule has 0 fully saturated rings. The van der Waals surface area contributed by atoms with Gasteiger partial charge in [0.2, 0.25) is 0 Å². The minimum atomic E-state index is -0.921. The van der Waals surface area contributed by atoms with Crippen LogP contribution in [-0.4, -0.2) is 67.9 Å². The Balaban J connectivity index is 0.00000323. The third kappa shape index (κ3) is 5.07. The number of imidazole rings is 2. The zero-order valence-electron chi connectivity index (χ0n) is 22.3. The number of rotatable bonds is 7. The van der Waals surface area contributed by atoms with Gasteiger partial charge in [-0.15, -0.1) is 0 Å². The fourth-order valence-electron chi connectivity index (χ4n) is 5.46. The first-order chi connectivity index (χ1) is 18.9. The summed E-state index contributed by atoms with van der Waals surface area (Å²) in [5.74, 6) is 1.08. The van der Waals surface area contributed by atoms with E-state index in [-0.39, 0.29) is 37.7 Å². The molecule has 0 aliphatic carbocycles.